The molecule has 0 radical (unpaired) electrons. The van der Waals surface area contributed by atoms with Crippen molar-refractivity contribution < 1.29 is 14.0 Å². The Bertz CT molecular complexity index is 571. The maximum Gasteiger partial charge on any atom is 0.254 e. The van der Waals surface area contributed by atoms with Crippen LogP contribution in [-0.4, -0.2) is 29.8 Å². The van der Waals surface area contributed by atoms with Crippen molar-refractivity contribution >= 4 is 17.5 Å². The molecular weight excluding hydrogens is 247 g/mol. The highest BCUT2D eigenvalue weighted by Crippen LogP contribution is 2.31. The highest BCUT2D eigenvalue weighted by molar-refractivity contribution is 6.01. The molecule has 3 rings (SSSR count). The van der Waals surface area contributed by atoms with Crippen LogP contribution in [0.1, 0.15) is 35.7 Å². The fourth-order valence-corrected chi connectivity index (χ4v) is 2.74. The van der Waals surface area contributed by atoms with Gasteiger partial charge in [0.05, 0.1) is 0 Å². The van der Waals surface area contributed by atoms with Gasteiger partial charge in [-0.25, -0.2) is 4.39 Å². The number of hydrogen-bond acceptors (Lipinski definition) is 2. The molecule has 0 aromatic heterocycles. The number of carbonyl (C=O) groups excluding carboxylic acids is 2. The fourth-order valence-electron chi connectivity index (χ4n) is 2.74. The second-order valence-corrected chi connectivity index (χ2v) is 4.92. The van der Waals surface area contributed by atoms with Crippen LogP contribution in [0.2, 0.25) is 0 Å². The molecule has 2 heterocycles. The quantitative estimate of drug-likeness (QED) is 0.817. The predicted molar refractivity (Wildman–Crippen MR) is 68.4 cm³/mol. The van der Waals surface area contributed by atoms with E-state index < -0.39 is 5.82 Å². The molecule has 2 aliphatic heterocycles. The van der Waals surface area contributed by atoms with Crippen molar-refractivity contribution in [1.29, 1.82) is 0 Å². The van der Waals surface area contributed by atoms with E-state index in [1.54, 1.807) is 15.9 Å². The molecule has 1 aromatic carbocycles. The first kappa shape index (κ1) is 12.1. The summed E-state index contributed by atoms with van der Waals surface area (Å²) >= 11 is 0. The van der Waals surface area contributed by atoms with Gasteiger partial charge >= 0.3 is 0 Å². The van der Waals surface area contributed by atoms with E-state index in [0.29, 0.717) is 42.9 Å². The van der Waals surface area contributed by atoms with Crippen LogP contribution in [0, 0.1) is 5.82 Å². The van der Waals surface area contributed by atoms with Gasteiger partial charge in [-0.2, -0.15) is 0 Å². The third-order valence-corrected chi connectivity index (χ3v) is 3.81. The minimum absolute atomic E-state index is 0.00264. The van der Waals surface area contributed by atoms with Crippen molar-refractivity contribution in [2.45, 2.75) is 26.3 Å². The molecule has 1 saturated heterocycles. The molecule has 19 heavy (non-hydrogen) atoms. The number of carbonyl (C=O) groups is 2. The van der Waals surface area contributed by atoms with Crippen molar-refractivity contribution in [2.75, 3.05) is 18.0 Å². The zero-order valence-electron chi connectivity index (χ0n) is 10.8. The van der Waals surface area contributed by atoms with Gasteiger partial charge in [0.2, 0.25) is 5.91 Å². The molecule has 5 heteroatoms. The minimum Gasteiger partial charge on any atom is -0.334 e. The zero-order valence-corrected chi connectivity index (χ0v) is 10.8. The highest BCUT2D eigenvalue weighted by Gasteiger charge is 2.31. The number of rotatable bonds is 2. The molecule has 0 saturated carbocycles. The first-order valence-electron chi connectivity index (χ1n) is 6.54. The molecule has 1 aromatic rings. The highest BCUT2D eigenvalue weighted by atomic mass is 19.1. The molecule has 0 unspecified atom stereocenters. The van der Waals surface area contributed by atoms with Crippen molar-refractivity contribution in [3.05, 3.63) is 29.1 Å². The second-order valence-electron chi connectivity index (χ2n) is 4.92. The summed E-state index contributed by atoms with van der Waals surface area (Å²) < 4.78 is 14.1. The second kappa shape index (κ2) is 4.33. The molecule has 0 aliphatic carbocycles. The SMILES string of the molecule is CCN1Cc2c(F)cc(N3CCCC3=O)cc2C1=O. The lowest BCUT2D eigenvalue weighted by atomic mass is 10.1. The average molecular weight is 262 g/mol. The Morgan fingerprint density at radius 3 is 2.74 bits per heavy atom. The predicted octanol–water partition coefficient (Wildman–Crippen LogP) is 1.93. The average Bonchev–Trinajstić information content (AvgIpc) is 2.94. The van der Waals surface area contributed by atoms with Gasteiger partial charge in [0.1, 0.15) is 5.82 Å². The van der Waals surface area contributed by atoms with Crippen molar-refractivity contribution in [3.63, 3.8) is 0 Å². The molecule has 2 aliphatic rings. The van der Waals surface area contributed by atoms with Crippen molar-refractivity contribution in [1.82, 2.24) is 4.90 Å². The van der Waals surface area contributed by atoms with Crippen LogP contribution in [-0.2, 0) is 11.3 Å². The maximum absolute atomic E-state index is 14.1. The minimum atomic E-state index is -0.392. The lowest BCUT2D eigenvalue weighted by molar-refractivity contribution is -0.117. The fraction of sp³-hybridized carbons (Fsp3) is 0.429. The molecule has 4 nitrogen and oxygen atoms in total. The number of fused-ring (bicyclic) bond motifs is 1. The van der Waals surface area contributed by atoms with E-state index in [1.807, 2.05) is 6.92 Å². The zero-order chi connectivity index (χ0) is 13.6. The van der Waals surface area contributed by atoms with Gasteiger partial charge in [0.15, 0.2) is 0 Å². The molecular formula is C14H15FN2O2. The van der Waals surface area contributed by atoms with Crippen LogP contribution in [0.5, 0.6) is 0 Å². The monoisotopic (exact) mass is 262 g/mol. The van der Waals surface area contributed by atoms with E-state index in [0.717, 1.165) is 6.42 Å². The number of benzene rings is 1. The summed E-state index contributed by atoms with van der Waals surface area (Å²) in [5.74, 6) is -0.543. The smallest absolute Gasteiger partial charge is 0.254 e. The number of nitrogens with zero attached hydrogens (tertiary/aromatic N) is 2. The molecule has 0 atom stereocenters. The first-order valence-corrected chi connectivity index (χ1v) is 6.54. The topological polar surface area (TPSA) is 40.6 Å². The summed E-state index contributed by atoms with van der Waals surface area (Å²) in [6, 6.07) is 3.02. The third-order valence-electron chi connectivity index (χ3n) is 3.81. The summed E-state index contributed by atoms with van der Waals surface area (Å²) in [7, 11) is 0. The number of hydrogen-bond donors (Lipinski definition) is 0. The van der Waals surface area contributed by atoms with E-state index in [-0.39, 0.29) is 11.8 Å². The van der Waals surface area contributed by atoms with Crippen LogP contribution in [0.15, 0.2) is 12.1 Å². The number of amides is 2. The summed E-state index contributed by atoms with van der Waals surface area (Å²) in [4.78, 5) is 26.9. The normalized spacial score (nSPS) is 18.4. The van der Waals surface area contributed by atoms with E-state index in [9.17, 15) is 14.0 Å². The van der Waals surface area contributed by atoms with Gasteiger partial charge in [0.25, 0.3) is 5.91 Å². The van der Waals surface area contributed by atoms with E-state index in [4.69, 9.17) is 0 Å². The summed E-state index contributed by atoms with van der Waals surface area (Å²) in [6.07, 6.45) is 1.28. The standard InChI is InChI=1S/C14H15FN2O2/c1-2-16-8-11-10(14(16)19)6-9(7-12(11)15)17-5-3-4-13(17)18/h6-7H,2-5,8H2,1H3. The van der Waals surface area contributed by atoms with E-state index in [2.05, 4.69) is 0 Å². The molecule has 2 amide bonds. The number of halogens is 1. The molecule has 100 valence electrons. The van der Waals surface area contributed by atoms with Crippen LogP contribution in [0.25, 0.3) is 0 Å². The van der Waals surface area contributed by atoms with E-state index >= 15 is 0 Å². The largest absolute Gasteiger partial charge is 0.334 e. The maximum atomic E-state index is 14.1. The van der Waals surface area contributed by atoms with Gasteiger partial charge in [0, 0.05) is 42.9 Å². The van der Waals surface area contributed by atoms with Gasteiger partial charge < -0.3 is 9.80 Å². The first-order chi connectivity index (χ1) is 9.11. The summed E-state index contributed by atoms with van der Waals surface area (Å²) in [5, 5.41) is 0. The lowest BCUT2D eigenvalue weighted by Gasteiger charge is -2.16. The molecule has 0 spiro atoms. The Balaban J connectivity index is 2.03. The Kier molecular flexibility index (Phi) is 2.77. The van der Waals surface area contributed by atoms with Crippen LogP contribution < -0.4 is 4.90 Å². The van der Waals surface area contributed by atoms with Crippen LogP contribution >= 0.6 is 0 Å². The molecule has 0 N–H and O–H groups in total. The Hall–Kier alpha value is -1.91. The summed E-state index contributed by atoms with van der Waals surface area (Å²) in [5.41, 5.74) is 1.35. The lowest BCUT2D eigenvalue weighted by Crippen LogP contribution is -2.24. The van der Waals surface area contributed by atoms with E-state index in [1.165, 1.54) is 6.07 Å². The van der Waals surface area contributed by atoms with Crippen molar-refractivity contribution in [3.8, 4) is 0 Å². The van der Waals surface area contributed by atoms with Gasteiger partial charge in [-0.05, 0) is 25.5 Å². The Labute approximate surface area is 110 Å². The van der Waals surface area contributed by atoms with Gasteiger partial charge in [-0.15, -0.1) is 0 Å². The Morgan fingerprint density at radius 2 is 2.11 bits per heavy atom. The summed E-state index contributed by atoms with van der Waals surface area (Å²) in [6.45, 7) is 3.35. The molecule has 0 bridgehead atoms. The molecule has 1 fully saturated rings. The number of anilines is 1. The van der Waals surface area contributed by atoms with Crippen LogP contribution in [0.3, 0.4) is 0 Å². The third kappa shape index (κ3) is 1.80. The Morgan fingerprint density at radius 1 is 1.32 bits per heavy atom. The van der Waals surface area contributed by atoms with Crippen molar-refractivity contribution in [2.24, 2.45) is 0 Å². The van der Waals surface area contributed by atoms with Gasteiger partial charge in [-0.3, -0.25) is 9.59 Å². The van der Waals surface area contributed by atoms with Gasteiger partial charge in [-0.1, -0.05) is 0 Å². The van der Waals surface area contributed by atoms with Crippen LogP contribution in [0.4, 0.5) is 10.1 Å².